The minimum atomic E-state index is -0.301. The van der Waals surface area contributed by atoms with Crippen LogP contribution in [0.3, 0.4) is 0 Å². The zero-order chi connectivity index (χ0) is 14.7. The minimum absolute atomic E-state index is 0.207. The normalized spacial score (nSPS) is 22.6. The molecule has 5 heteroatoms. The zero-order valence-corrected chi connectivity index (χ0v) is 12.4. The Hall–Kier alpha value is -1.62. The quantitative estimate of drug-likeness (QED) is 0.679. The first-order valence-electron chi connectivity index (χ1n) is 7.18. The molecule has 1 fully saturated rings. The molecule has 0 unspecified atom stereocenters. The number of rotatable bonds is 4. The van der Waals surface area contributed by atoms with Gasteiger partial charge in [0.1, 0.15) is 0 Å². The van der Waals surface area contributed by atoms with Gasteiger partial charge in [0.05, 0.1) is 4.92 Å². The van der Waals surface area contributed by atoms with Crippen LogP contribution < -0.4 is 10.2 Å². The first kappa shape index (κ1) is 14.8. The van der Waals surface area contributed by atoms with Crippen LogP contribution in [0.2, 0.25) is 0 Å². The predicted octanol–water partition coefficient (Wildman–Crippen LogP) is 2.87. The number of nitro benzene ring substituents is 1. The molecule has 1 aromatic rings. The number of aryl methyl sites for hydroxylation is 1. The summed E-state index contributed by atoms with van der Waals surface area (Å²) < 4.78 is 0. The zero-order valence-electron chi connectivity index (χ0n) is 12.4. The fraction of sp³-hybridized carbons (Fsp3) is 0.600. The first-order valence-corrected chi connectivity index (χ1v) is 7.18. The third-order valence-electron chi connectivity index (χ3n) is 4.45. The van der Waals surface area contributed by atoms with Gasteiger partial charge in [-0.3, -0.25) is 10.1 Å². The smallest absolute Gasteiger partial charge is 0.274 e. The highest BCUT2D eigenvalue weighted by Gasteiger charge is 2.24. The van der Waals surface area contributed by atoms with Crippen molar-refractivity contribution in [3.63, 3.8) is 0 Å². The van der Waals surface area contributed by atoms with Crippen LogP contribution in [0.4, 0.5) is 11.4 Å². The summed E-state index contributed by atoms with van der Waals surface area (Å²) in [7, 11) is 4.05. The standard InChI is InChI=1S/C15H23N3O2/c1-11-4-7-14(10-15(11)18(19)20)17(3)13-8-5-12(16-2)6-9-13/h4,7,10,12-13,16H,5-6,8-9H2,1-3H3. The van der Waals surface area contributed by atoms with Gasteiger partial charge in [0.2, 0.25) is 0 Å². The summed E-state index contributed by atoms with van der Waals surface area (Å²) in [6.07, 6.45) is 4.59. The highest BCUT2D eigenvalue weighted by molar-refractivity contribution is 5.56. The second kappa shape index (κ2) is 6.22. The molecule has 0 radical (unpaired) electrons. The van der Waals surface area contributed by atoms with E-state index in [1.54, 1.807) is 13.0 Å². The summed E-state index contributed by atoms with van der Waals surface area (Å²) in [5.74, 6) is 0. The summed E-state index contributed by atoms with van der Waals surface area (Å²) in [5, 5.41) is 14.4. The molecular formula is C15H23N3O2. The van der Waals surface area contributed by atoms with Crippen molar-refractivity contribution >= 4 is 11.4 Å². The van der Waals surface area contributed by atoms with Crippen molar-refractivity contribution in [3.05, 3.63) is 33.9 Å². The molecule has 5 nitrogen and oxygen atoms in total. The third kappa shape index (κ3) is 3.10. The van der Waals surface area contributed by atoms with Crippen LogP contribution in [0.1, 0.15) is 31.2 Å². The second-order valence-electron chi connectivity index (χ2n) is 5.63. The molecular weight excluding hydrogens is 254 g/mol. The van der Waals surface area contributed by atoms with Gasteiger partial charge in [-0.05, 0) is 45.7 Å². The average Bonchev–Trinajstić information content (AvgIpc) is 2.47. The van der Waals surface area contributed by atoms with Crippen LogP contribution in [0.15, 0.2) is 18.2 Å². The fourth-order valence-electron chi connectivity index (χ4n) is 2.98. The van der Waals surface area contributed by atoms with Crippen LogP contribution in [0, 0.1) is 17.0 Å². The lowest BCUT2D eigenvalue weighted by atomic mass is 9.90. The lowest BCUT2D eigenvalue weighted by Crippen LogP contribution is -2.39. The van der Waals surface area contributed by atoms with Crippen molar-refractivity contribution < 1.29 is 4.92 Å². The summed E-state index contributed by atoms with van der Waals surface area (Å²) in [5.41, 5.74) is 1.86. The molecule has 0 aromatic heterocycles. The van der Waals surface area contributed by atoms with Crippen LogP contribution in [0.25, 0.3) is 0 Å². The van der Waals surface area contributed by atoms with Crippen LogP contribution in [0.5, 0.6) is 0 Å². The molecule has 0 amide bonds. The van der Waals surface area contributed by atoms with Gasteiger partial charge in [-0.1, -0.05) is 6.07 Å². The van der Waals surface area contributed by atoms with Crippen molar-refractivity contribution in [1.82, 2.24) is 5.32 Å². The Bertz CT molecular complexity index is 482. The Morgan fingerprint density at radius 3 is 2.50 bits per heavy atom. The Balaban J connectivity index is 2.11. The molecule has 1 aliphatic carbocycles. The van der Waals surface area contributed by atoms with Crippen LogP contribution >= 0.6 is 0 Å². The molecule has 0 heterocycles. The molecule has 20 heavy (non-hydrogen) atoms. The largest absolute Gasteiger partial charge is 0.371 e. The van der Waals surface area contributed by atoms with Gasteiger partial charge >= 0.3 is 0 Å². The van der Waals surface area contributed by atoms with Gasteiger partial charge < -0.3 is 10.2 Å². The van der Waals surface area contributed by atoms with E-state index < -0.39 is 0 Å². The molecule has 0 spiro atoms. The van der Waals surface area contributed by atoms with Crippen LogP contribution in [-0.4, -0.2) is 31.1 Å². The first-order chi connectivity index (χ1) is 9.52. The monoisotopic (exact) mass is 277 g/mol. The number of nitrogens with zero attached hydrogens (tertiary/aromatic N) is 2. The van der Waals surface area contributed by atoms with E-state index in [-0.39, 0.29) is 10.6 Å². The van der Waals surface area contributed by atoms with Crippen molar-refractivity contribution in [2.75, 3.05) is 19.0 Å². The lowest BCUT2D eigenvalue weighted by molar-refractivity contribution is -0.385. The van der Waals surface area contributed by atoms with E-state index in [0.29, 0.717) is 17.6 Å². The van der Waals surface area contributed by atoms with Crippen molar-refractivity contribution in [1.29, 1.82) is 0 Å². The van der Waals surface area contributed by atoms with Crippen molar-refractivity contribution in [2.24, 2.45) is 0 Å². The molecule has 1 N–H and O–H groups in total. The van der Waals surface area contributed by atoms with Gasteiger partial charge in [0.25, 0.3) is 5.69 Å². The van der Waals surface area contributed by atoms with Crippen molar-refractivity contribution in [2.45, 2.75) is 44.7 Å². The summed E-state index contributed by atoms with van der Waals surface area (Å²) in [6.45, 7) is 1.78. The lowest BCUT2D eigenvalue weighted by Gasteiger charge is -2.36. The third-order valence-corrected chi connectivity index (χ3v) is 4.45. The number of hydrogen-bond donors (Lipinski definition) is 1. The molecule has 110 valence electrons. The van der Waals surface area contributed by atoms with E-state index in [2.05, 4.69) is 10.2 Å². The number of nitrogens with one attached hydrogen (secondary N) is 1. The molecule has 2 rings (SSSR count). The molecule has 1 aliphatic rings. The topological polar surface area (TPSA) is 58.4 Å². The van der Waals surface area contributed by atoms with E-state index in [1.807, 2.05) is 26.2 Å². The molecule has 0 bridgehead atoms. The molecule has 0 aliphatic heterocycles. The highest BCUT2D eigenvalue weighted by Crippen LogP contribution is 2.29. The molecule has 1 saturated carbocycles. The minimum Gasteiger partial charge on any atom is -0.371 e. The second-order valence-corrected chi connectivity index (χ2v) is 5.63. The Kier molecular flexibility index (Phi) is 4.60. The molecule has 0 atom stereocenters. The summed E-state index contributed by atoms with van der Waals surface area (Å²) in [6, 6.07) is 6.60. The van der Waals surface area contributed by atoms with E-state index in [0.717, 1.165) is 18.5 Å². The number of nitro groups is 1. The molecule has 0 saturated heterocycles. The fourth-order valence-corrected chi connectivity index (χ4v) is 2.98. The average molecular weight is 277 g/mol. The van der Waals surface area contributed by atoms with E-state index >= 15 is 0 Å². The number of hydrogen-bond acceptors (Lipinski definition) is 4. The maximum absolute atomic E-state index is 11.0. The van der Waals surface area contributed by atoms with Gasteiger partial charge in [-0.2, -0.15) is 0 Å². The van der Waals surface area contributed by atoms with Gasteiger partial charge in [-0.15, -0.1) is 0 Å². The highest BCUT2D eigenvalue weighted by atomic mass is 16.6. The van der Waals surface area contributed by atoms with E-state index in [4.69, 9.17) is 0 Å². The van der Waals surface area contributed by atoms with E-state index in [1.165, 1.54) is 12.8 Å². The Morgan fingerprint density at radius 1 is 1.30 bits per heavy atom. The van der Waals surface area contributed by atoms with Gasteiger partial charge in [-0.25, -0.2) is 0 Å². The maximum atomic E-state index is 11.0. The Morgan fingerprint density at radius 2 is 1.95 bits per heavy atom. The number of anilines is 1. The van der Waals surface area contributed by atoms with E-state index in [9.17, 15) is 10.1 Å². The predicted molar refractivity (Wildman–Crippen MR) is 81.3 cm³/mol. The number of benzene rings is 1. The summed E-state index contributed by atoms with van der Waals surface area (Å²) >= 11 is 0. The summed E-state index contributed by atoms with van der Waals surface area (Å²) in [4.78, 5) is 12.9. The van der Waals surface area contributed by atoms with Crippen molar-refractivity contribution in [3.8, 4) is 0 Å². The molecule has 1 aromatic carbocycles. The van der Waals surface area contributed by atoms with Crippen LogP contribution in [-0.2, 0) is 0 Å². The SMILES string of the molecule is CNC1CCC(N(C)c2ccc(C)c([N+](=O)[O-])c2)CC1. The maximum Gasteiger partial charge on any atom is 0.274 e. The van der Waals surface area contributed by atoms with Gasteiger partial charge in [0, 0.05) is 36.4 Å². The Labute approximate surface area is 120 Å². The van der Waals surface area contributed by atoms with Gasteiger partial charge in [0.15, 0.2) is 0 Å².